The number of amides is 1. The van der Waals surface area contributed by atoms with E-state index < -0.39 is 0 Å². The number of nitrogens with zero attached hydrogens (tertiary/aromatic N) is 3. The van der Waals surface area contributed by atoms with Crippen LogP contribution in [-0.2, 0) is 6.42 Å². The van der Waals surface area contributed by atoms with Crippen LogP contribution in [0.15, 0.2) is 28.7 Å². The summed E-state index contributed by atoms with van der Waals surface area (Å²) in [7, 11) is 1.62. The number of aryl methyl sites for hydroxylation is 1. The van der Waals surface area contributed by atoms with Crippen LogP contribution in [0.2, 0.25) is 0 Å². The molecule has 26 heavy (non-hydrogen) atoms. The number of hydrogen-bond donors (Lipinski definition) is 1. The average Bonchev–Trinajstić information content (AvgIpc) is 3.16. The van der Waals surface area contributed by atoms with Gasteiger partial charge in [0, 0.05) is 18.5 Å². The predicted octanol–water partition coefficient (Wildman–Crippen LogP) is 3.34. The molecule has 1 N–H and O–H groups in total. The van der Waals surface area contributed by atoms with Gasteiger partial charge in [-0.05, 0) is 29.7 Å². The van der Waals surface area contributed by atoms with Gasteiger partial charge in [-0.3, -0.25) is 4.79 Å². The van der Waals surface area contributed by atoms with Crippen LogP contribution in [0.4, 0.5) is 0 Å². The SMILES string of the molecule is CCc1oc2nc(-c3ccc(OC)cc3)nn2c1C(=O)NCC(C)(C)C. The van der Waals surface area contributed by atoms with E-state index >= 15 is 0 Å². The van der Waals surface area contributed by atoms with Crippen molar-refractivity contribution in [1.29, 1.82) is 0 Å². The van der Waals surface area contributed by atoms with Crippen LogP contribution < -0.4 is 10.1 Å². The summed E-state index contributed by atoms with van der Waals surface area (Å²) in [6, 6.07) is 7.42. The maximum atomic E-state index is 12.7. The maximum Gasteiger partial charge on any atom is 0.325 e. The van der Waals surface area contributed by atoms with E-state index in [0.29, 0.717) is 36.1 Å². The third-order valence-corrected chi connectivity index (χ3v) is 3.93. The van der Waals surface area contributed by atoms with E-state index in [9.17, 15) is 4.79 Å². The van der Waals surface area contributed by atoms with Gasteiger partial charge in [-0.1, -0.05) is 27.7 Å². The first kappa shape index (κ1) is 18.0. The Morgan fingerprint density at radius 2 is 1.96 bits per heavy atom. The molecule has 3 aromatic rings. The monoisotopic (exact) mass is 356 g/mol. The molecule has 0 bridgehead atoms. The van der Waals surface area contributed by atoms with Gasteiger partial charge in [0.25, 0.3) is 5.91 Å². The van der Waals surface area contributed by atoms with Crippen LogP contribution in [0, 0.1) is 5.41 Å². The molecule has 0 saturated carbocycles. The molecule has 2 heterocycles. The van der Waals surface area contributed by atoms with Gasteiger partial charge in [0.2, 0.25) is 0 Å². The fourth-order valence-electron chi connectivity index (χ4n) is 2.54. The zero-order valence-corrected chi connectivity index (χ0v) is 15.8. The summed E-state index contributed by atoms with van der Waals surface area (Å²) in [6.07, 6.45) is 0.585. The number of carbonyl (C=O) groups is 1. The van der Waals surface area contributed by atoms with Crippen LogP contribution in [-0.4, -0.2) is 34.2 Å². The molecular weight excluding hydrogens is 332 g/mol. The number of carbonyl (C=O) groups excluding carboxylic acids is 1. The number of methoxy groups -OCH3 is 1. The quantitative estimate of drug-likeness (QED) is 0.758. The summed E-state index contributed by atoms with van der Waals surface area (Å²) in [5, 5.41) is 7.43. The zero-order chi connectivity index (χ0) is 18.9. The minimum atomic E-state index is -0.207. The molecule has 0 aliphatic rings. The Morgan fingerprint density at radius 1 is 1.27 bits per heavy atom. The summed E-state index contributed by atoms with van der Waals surface area (Å²) in [6.45, 7) is 8.69. The highest BCUT2D eigenvalue weighted by Crippen LogP contribution is 2.23. The number of hydrogen-bond acceptors (Lipinski definition) is 5. The van der Waals surface area contributed by atoms with E-state index in [1.165, 1.54) is 4.52 Å². The Kier molecular flexibility index (Phi) is 4.71. The molecule has 2 aromatic heterocycles. The van der Waals surface area contributed by atoms with Crippen LogP contribution in [0.1, 0.15) is 43.9 Å². The van der Waals surface area contributed by atoms with Crippen LogP contribution >= 0.6 is 0 Å². The van der Waals surface area contributed by atoms with Crippen molar-refractivity contribution in [1.82, 2.24) is 19.9 Å². The Morgan fingerprint density at radius 3 is 2.54 bits per heavy atom. The Balaban J connectivity index is 1.96. The van der Waals surface area contributed by atoms with Gasteiger partial charge < -0.3 is 14.5 Å². The van der Waals surface area contributed by atoms with Gasteiger partial charge in [0.15, 0.2) is 11.5 Å². The summed E-state index contributed by atoms with van der Waals surface area (Å²) in [5.41, 5.74) is 1.21. The molecule has 7 heteroatoms. The largest absolute Gasteiger partial charge is 0.497 e. The van der Waals surface area contributed by atoms with Crippen molar-refractivity contribution in [3.8, 4) is 17.1 Å². The number of oxazole rings is 1. The van der Waals surface area contributed by atoms with Crippen molar-refractivity contribution in [2.45, 2.75) is 34.1 Å². The minimum Gasteiger partial charge on any atom is -0.497 e. The minimum absolute atomic E-state index is 0.0124. The van der Waals surface area contributed by atoms with Crippen LogP contribution in [0.3, 0.4) is 0 Å². The lowest BCUT2D eigenvalue weighted by molar-refractivity contribution is 0.0930. The third kappa shape index (κ3) is 3.56. The highest BCUT2D eigenvalue weighted by atomic mass is 16.5. The Labute approximate surface area is 152 Å². The second-order valence-corrected chi connectivity index (χ2v) is 7.33. The molecule has 0 spiro atoms. The molecule has 0 atom stereocenters. The average molecular weight is 356 g/mol. The topological polar surface area (TPSA) is 81.7 Å². The molecule has 0 aliphatic heterocycles. The van der Waals surface area contributed by atoms with E-state index in [2.05, 4.69) is 36.2 Å². The van der Waals surface area contributed by atoms with E-state index in [0.717, 1.165) is 11.3 Å². The number of fused-ring (bicyclic) bond motifs is 1. The standard InChI is InChI=1S/C19H24N4O3/c1-6-14-15(17(24)20-11-19(2,3)4)23-18(26-14)21-16(22-23)12-7-9-13(25-5)10-8-12/h7-10H,6,11H2,1-5H3,(H,20,24). The lowest BCUT2D eigenvalue weighted by atomic mass is 9.97. The lowest BCUT2D eigenvalue weighted by Crippen LogP contribution is -2.33. The summed E-state index contributed by atoms with van der Waals surface area (Å²) < 4.78 is 12.4. The summed E-state index contributed by atoms with van der Waals surface area (Å²) in [5.74, 6) is 1.94. The fraction of sp³-hybridized carbons (Fsp3) is 0.421. The van der Waals surface area contributed by atoms with Crippen molar-refractivity contribution in [2.24, 2.45) is 5.41 Å². The summed E-state index contributed by atoms with van der Waals surface area (Å²) >= 11 is 0. The molecule has 1 amide bonds. The molecule has 0 aliphatic carbocycles. The fourth-order valence-corrected chi connectivity index (χ4v) is 2.54. The first-order valence-corrected chi connectivity index (χ1v) is 8.63. The molecular formula is C19H24N4O3. The number of nitrogens with one attached hydrogen (secondary N) is 1. The van der Waals surface area contributed by atoms with E-state index in [4.69, 9.17) is 9.15 Å². The zero-order valence-electron chi connectivity index (χ0n) is 15.8. The normalized spacial score (nSPS) is 11.7. The highest BCUT2D eigenvalue weighted by molar-refractivity contribution is 5.94. The second kappa shape index (κ2) is 6.82. The number of benzene rings is 1. The van der Waals surface area contributed by atoms with Crippen molar-refractivity contribution in [3.63, 3.8) is 0 Å². The predicted molar refractivity (Wildman–Crippen MR) is 98.4 cm³/mol. The van der Waals surface area contributed by atoms with Crippen molar-refractivity contribution >= 4 is 11.8 Å². The van der Waals surface area contributed by atoms with Crippen LogP contribution in [0.5, 0.6) is 5.75 Å². The number of ether oxygens (including phenoxy) is 1. The second-order valence-electron chi connectivity index (χ2n) is 7.33. The van der Waals surface area contributed by atoms with E-state index in [-0.39, 0.29) is 11.3 Å². The molecule has 0 radical (unpaired) electrons. The Bertz CT molecular complexity index is 917. The van der Waals surface area contributed by atoms with Crippen molar-refractivity contribution < 1.29 is 13.9 Å². The van der Waals surface area contributed by atoms with E-state index in [1.807, 2.05) is 31.2 Å². The molecule has 7 nitrogen and oxygen atoms in total. The van der Waals surface area contributed by atoms with E-state index in [1.54, 1.807) is 7.11 Å². The van der Waals surface area contributed by atoms with Crippen molar-refractivity contribution in [2.75, 3.05) is 13.7 Å². The van der Waals surface area contributed by atoms with Gasteiger partial charge >= 0.3 is 5.84 Å². The smallest absolute Gasteiger partial charge is 0.325 e. The molecule has 0 saturated heterocycles. The number of aromatic nitrogens is 3. The molecule has 138 valence electrons. The molecule has 3 rings (SSSR count). The first-order chi connectivity index (χ1) is 12.3. The summed E-state index contributed by atoms with van der Waals surface area (Å²) in [4.78, 5) is 17.1. The van der Waals surface area contributed by atoms with Crippen molar-refractivity contribution in [3.05, 3.63) is 35.7 Å². The third-order valence-electron chi connectivity index (χ3n) is 3.93. The lowest BCUT2D eigenvalue weighted by Gasteiger charge is -2.18. The van der Waals surface area contributed by atoms with Crippen LogP contribution in [0.25, 0.3) is 17.2 Å². The van der Waals surface area contributed by atoms with Gasteiger partial charge in [-0.2, -0.15) is 9.50 Å². The molecule has 1 aromatic carbocycles. The highest BCUT2D eigenvalue weighted by Gasteiger charge is 2.24. The number of rotatable bonds is 5. The van der Waals surface area contributed by atoms with Gasteiger partial charge in [-0.25, -0.2) is 0 Å². The first-order valence-electron chi connectivity index (χ1n) is 8.63. The van der Waals surface area contributed by atoms with Gasteiger partial charge in [-0.15, -0.1) is 5.10 Å². The molecule has 0 fully saturated rings. The molecule has 0 unspecified atom stereocenters. The Hall–Kier alpha value is -2.83. The maximum absolute atomic E-state index is 12.7. The van der Waals surface area contributed by atoms with Gasteiger partial charge in [0.05, 0.1) is 7.11 Å². The van der Waals surface area contributed by atoms with Gasteiger partial charge in [0.1, 0.15) is 11.5 Å².